The Kier molecular flexibility index (Phi) is 6.08. The number of nitrogens with zero attached hydrogens (tertiary/aromatic N) is 1. The summed E-state index contributed by atoms with van der Waals surface area (Å²) in [4.78, 5) is 25.2. The van der Waals surface area contributed by atoms with Crippen LogP contribution >= 0.6 is 0 Å². The second-order valence-electron chi connectivity index (χ2n) is 7.43. The average Bonchev–Trinajstić information content (AvgIpc) is 2.87. The predicted molar refractivity (Wildman–Crippen MR) is 95.0 cm³/mol. The van der Waals surface area contributed by atoms with Crippen molar-refractivity contribution in [3.8, 4) is 0 Å². The highest BCUT2D eigenvalue weighted by atomic mass is 32.2. The Morgan fingerprint density at radius 2 is 1.85 bits per heavy atom. The lowest BCUT2D eigenvalue weighted by molar-refractivity contribution is -0.127. The molecule has 144 valence electrons. The van der Waals surface area contributed by atoms with Crippen molar-refractivity contribution in [2.45, 2.75) is 51.0 Å². The number of rotatable bonds is 5. The third-order valence-electron chi connectivity index (χ3n) is 3.89. The van der Waals surface area contributed by atoms with Gasteiger partial charge in [-0.2, -0.15) is 8.42 Å². The average molecular weight is 383 g/mol. The van der Waals surface area contributed by atoms with Crippen molar-refractivity contribution >= 4 is 22.1 Å². The van der Waals surface area contributed by atoms with E-state index in [0.29, 0.717) is 6.42 Å². The Labute approximate surface area is 154 Å². The molecule has 0 aliphatic carbocycles. The minimum absolute atomic E-state index is 0.0453. The highest BCUT2D eigenvalue weighted by Gasteiger charge is 2.36. The van der Waals surface area contributed by atoms with Crippen molar-refractivity contribution in [1.29, 1.82) is 0 Å². The maximum absolute atomic E-state index is 12.1. The van der Waals surface area contributed by atoms with Crippen LogP contribution in [0.2, 0.25) is 0 Å². The second-order valence-corrected chi connectivity index (χ2v) is 9.05. The fraction of sp³-hybridized carbons (Fsp3) is 0.556. The van der Waals surface area contributed by atoms with E-state index in [1.165, 1.54) is 12.1 Å². The quantitative estimate of drug-likeness (QED) is 0.726. The number of carbonyl (C=O) groups excluding carboxylic acids is 2. The first-order chi connectivity index (χ1) is 12.0. The first kappa shape index (κ1) is 20.4. The Bertz CT molecular complexity index is 764. The minimum atomic E-state index is -3.83. The van der Waals surface area contributed by atoms with Gasteiger partial charge in [0.1, 0.15) is 5.60 Å². The van der Waals surface area contributed by atoms with Gasteiger partial charge in [0.15, 0.2) is 0 Å². The number of hydrogen-bond acceptors (Lipinski definition) is 6. The van der Waals surface area contributed by atoms with Crippen LogP contribution in [0.5, 0.6) is 0 Å². The molecule has 1 aliphatic heterocycles. The van der Waals surface area contributed by atoms with E-state index in [-0.39, 0.29) is 36.3 Å². The molecular weight excluding hydrogens is 358 g/mol. The van der Waals surface area contributed by atoms with Crippen LogP contribution in [-0.2, 0) is 23.8 Å². The first-order valence-corrected chi connectivity index (χ1v) is 9.88. The molecule has 26 heavy (non-hydrogen) atoms. The summed E-state index contributed by atoms with van der Waals surface area (Å²) in [5.74, 6) is -0.464. The van der Waals surface area contributed by atoms with Gasteiger partial charge in [-0.1, -0.05) is 17.7 Å². The number of carbonyl (C=O) groups is 2. The van der Waals surface area contributed by atoms with Gasteiger partial charge in [0.25, 0.3) is 10.1 Å². The fourth-order valence-corrected chi connectivity index (χ4v) is 3.49. The van der Waals surface area contributed by atoms with Crippen LogP contribution in [0, 0.1) is 12.8 Å². The van der Waals surface area contributed by atoms with Gasteiger partial charge in [0.2, 0.25) is 5.91 Å². The summed E-state index contributed by atoms with van der Waals surface area (Å²) in [5.41, 5.74) is 0.274. The number of likely N-dealkylation sites (tertiary alicyclic amines) is 1. The van der Waals surface area contributed by atoms with Crippen LogP contribution in [0.1, 0.15) is 39.2 Å². The highest BCUT2D eigenvalue weighted by Crippen LogP contribution is 2.24. The molecule has 7 nitrogen and oxygen atoms in total. The topological polar surface area (TPSA) is 90.0 Å². The zero-order valence-electron chi connectivity index (χ0n) is 15.5. The van der Waals surface area contributed by atoms with E-state index in [0.717, 1.165) is 10.5 Å². The molecule has 0 unspecified atom stereocenters. The molecule has 0 N–H and O–H groups in total. The van der Waals surface area contributed by atoms with Gasteiger partial charge in [-0.25, -0.2) is 9.69 Å². The largest absolute Gasteiger partial charge is 0.443 e. The predicted octanol–water partition coefficient (Wildman–Crippen LogP) is 2.87. The third-order valence-corrected chi connectivity index (χ3v) is 5.22. The van der Waals surface area contributed by atoms with Crippen LogP contribution in [-0.4, -0.2) is 44.1 Å². The summed E-state index contributed by atoms with van der Waals surface area (Å²) in [6.07, 6.45) is -0.137. The van der Waals surface area contributed by atoms with Crippen LogP contribution in [0.25, 0.3) is 0 Å². The van der Waals surface area contributed by atoms with E-state index >= 15 is 0 Å². The molecule has 1 fully saturated rings. The molecule has 1 aliphatic rings. The van der Waals surface area contributed by atoms with E-state index < -0.39 is 21.8 Å². The van der Waals surface area contributed by atoms with Crippen LogP contribution in [0.15, 0.2) is 29.2 Å². The Morgan fingerprint density at radius 1 is 1.23 bits per heavy atom. The molecule has 1 saturated heterocycles. The maximum Gasteiger partial charge on any atom is 0.417 e. The third kappa shape index (κ3) is 5.54. The van der Waals surface area contributed by atoms with E-state index in [2.05, 4.69) is 0 Å². The molecule has 0 spiro atoms. The minimum Gasteiger partial charge on any atom is -0.443 e. The zero-order valence-corrected chi connectivity index (χ0v) is 16.3. The molecule has 0 radical (unpaired) electrons. The molecule has 2 amide bonds. The maximum atomic E-state index is 12.1. The zero-order chi connectivity index (χ0) is 19.5. The van der Waals surface area contributed by atoms with Crippen molar-refractivity contribution in [3.63, 3.8) is 0 Å². The van der Waals surface area contributed by atoms with Gasteiger partial charge in [0.05, 0.1) is 11.5 Å². The Balaban J connectivity index is 1.86. The summed E-state index contributed by atoms with van der Waals surface area (Å²) in [6.45, 7) is 7.22. The van der Waals surface area contributed by atoms with Gasteiger partial charge in [-0.15, -0.1) is 0 Å². The summed E-state index contributed by atoms with van der Waals surface area (Å²) >= 11 is 0. The molecule has 1 aromatic carbocycles. The molecule has 0 saturated carbocycles. The summed E-state index contributed by atoms with van der Waals surface area (Å²) in [6, 6.07) is 6.39. The second kappa shape index (κ2) is 7.75. The number of ether oxygens (including phenoxy) is 1. The van der Waals surface area contributed by atoms with Gasteiger partial charge >= 0.3 is 6.09 Å². The molecule has 2 rings (SSSR count). The van der Waals surface area contributed by atoms with E-state index in [4.69, 9.17) is 8.92 Å². The molecule has 1 atom stereocenters. The van der Waals surface area contributed by atoms with Crippen molar-refractivity contribution in [3.05, 3.63) is 29.8 Å². The summed E-state index contributed by atoms with van der Waals surface area (Å²) in [7, 11) is -3.83. The number of aryl methyl sites for hydroxylation is 1. The fourth-order valence-electron chi connectivity index (χ4n) is 2.57. The summed E-state index contributed by atoms with van der Waals surface area (Å²) in [5, 5.41) is 0. The molecule has 1 aromatic rings. The lowest BCUT2D eigenvalue weighted by Crippen LogP contribution is -2.37. The van der Waals surface area contributed by atoms with Gasteiger partial charge < -0.3 is 4.74 Å². The standard InChI is InChI=1S/C18H25NO6S/c1-13-5-7-15(8-6-13)26(22,23)24-10-9-14-11-16(20)19(12-14)17(21)25-18(2,3)4/h5-8,14H,9-12H2,1-4H3/t14-/m1/s1. The van der Waals surface area contributed by atoms with Crippen molar-refractivity contribution in [1.82, 2.24) is 4.90 Å². The number of imide groups is 1. The molecule has 0 bridgehead atoms. The van der Waals surface area contributed by atoms with Gasteiger partial charge in [0, 0.05) is 13.0 Å². The monoisotopic (exact) mass is 383 g/mol. The Morgan fingerprint density at radius 3 is 2.42 bits per heavy atom. The van der Waals surface area contributed by atoms with Gasteiger partial charge in [-0.05, 0) is 52.2 Å². The molecule has 1 heterocycles. The van der Waals surface area contributed by atoms with E-state index in [1.807, 2.05) is 6.92 Å². The molecular formula is C18H25NO6S. The van der Waals surface area contributed by atoms with Crippen molar-refractivity contribution in [2.24, 2.45) is 5.92 Å². The van der Waals surface area contributed by atoms with Crippen LogP contribution in [0.3, 0.4) is 0 Å². The van der Waals surface area contributed by atoms with Crippen molar-refractivity contribution in [2.75, 3.05) is 13.2 Å². The van der Waals surface area contributed by atoms with Crippen molar-refractivity contribution < 1.29 is 26.9 Å². The molecule has 0 aromatic heterocycles. The SMILES string of the molecule is Cc1ccc(S(=O)(=O)OCC[C@@H]2CC(=O)N(C(=O)OC(C)(C)C)C2)cc1. The first-order valence-electron chi connectivity index (χ1n) is 8.47. The molecule has 8 heteroatoms. The lowest BCUT2D eigenvalue weighted by atomic mass is 10.1. The summed E-state index contributed by atoms with van der Waals surface area (Å²) < 4.78 is 34.5. The normalized spacial score (nSPS) is 18.2. The Hall–Kier alpha value is -1.93. The smallest absolute Gasteiger partial charge is 0.417 e. The number of amides is 2. The van der Waals surface area contributed by atoms with E-state index in [1.54, 1.807) is 32.9 Å². The lowest BCUT2D eigenvalue weighted by Gasteiger charge is -2.23. The van der Waals surface area contributed by atoms with Crippen LogP contribution < -0.4 is 0 Å². The van der Waals surface area contributed by atoms with Gasteiger partial charge in [-0.3, -0.25) is 8.98 Å². The highest BCUT2D eigenvalue weighted by molar-refractivity contribution is 7.86. The number of benzene rings is 1. The van der Waals surface area contributed by atoms with Crippen LogP contribution in [0.4, 0.5) is 4.79 Å². The number of hydrogen-bond donors (Lipinski definition) is 0. The van der Waals surface area contributed by atoms with E-state index in [9.17, 15) is 18.0 Å².